The third-order valence-corrected chi connectivity index (χ3v) is 4.14. The maximum absolute atomic E-state index is 10.9. The molecule has 104 valence electrons. The summed E-state index contributed by atoms with van der Waals surface area (Å²) in [6.45, 7) is 7.46. The highest BCUT2D eigenvalue weighted by atomic mass is 16.6. The van der Waals surface area contributed by atoms with Crippen LogP contribution in [0.3, 0.4) is 0 Å². The molecule has 2 rings (SSSR count). The maximum atomic E-state index is 10.9. The minimum atomic E-state index is -0.313. The molecule has 1 aliphatic rings. The Labute approximate surface area is 113 Å². The van der Waals surface area contributed by atoms with Crippen molar-refractivity contribution in [3.8, 4) is 0 Å². The summed E-state index contributed by atoms with van der Waals surface area (Å²) in [6.07, 6.45) is 1.09. The summed E-state index contributed by atoms with van der Waals surface area (Å²) in [5, 5.41) is 10.9. The Bertz CT molecular complexity index is 490. The van der Waals surface area contributed by atoms with Crippen molar-refractivity contribution in [3.05, 3.63) is 39.4 Å². The second-order valence-electron chi connectivity index (χ2n) is 5.79. The Morgan fingerprint density at radius 1 is 1.53 bits per heavy atom. The lowest BCUT2D eigenvalue weighted by Crippen LogP contribution is -2.31. The molecule has 0 aliphatic carbocycles. The molecule has 1 unspecified atom stereocenters. The molecule has 1 aromatic carbocycles. The van der Waals surface area contributed by atoms with E-state index in [1.165, 1.54) is 0 Å². The third-order valence-electron chi connectivity index (χ3n) is 4.14. The summed E-state index contributed by atoms with van der Waals surface area (Å²) in [4.78, 5) is 13.0. The fourth-order valence-corrected chi connectivity index (χ4v) is 2.71. The number of nitrogens with two attached hydrogens (primary N) is 1. The van der Waals surface area contributed by atoms with Gasteiger partial charge >= 0.3 is 0 Å². The molecule has 1 fully saturated rings. The molecule has 5 heteroatoms. The Morgan fingerprint density at radius 3 is 2.84 bits per heavy atom. The van der Waals surface area contributed by atoms with Crippen LogP contribution in [0.4, 0.5) is 5.69 Å². The van der Waals surface area contributed by atoms with Crippen molar-refractivity contribution in [1.82, 2.24) is 4.90 Å². The van der Waals surface area contributed by atoms with Gasteiger partial charge in [0, 0.05) is 24.7 Å². The molecule has 0 saturated carbocycles. The molecule has 0 spiro atoms. The van der Waals surface area contributed by atoms with Crippen LogP contribution in [-0.2, 0) is 6.54 Å². The van der Waals surface area contributed by atoms with Crippen molar-refractivity contribution in [2.75, 3.05) is 19.6 Å². The van der Waals surface area contributed by atoms with Gasteiger partial charge in [0.05, 0.1) is 4.92 Å². The van der Waals surface area contributed by atoms with E-state index in [9.17, 15) is 10.1 Å². The Kier molecular flexibility index (Phi) is 3.87. The van der Waals surface area contributed by atoms with Crippen LogP contribution in [0.5, 0.6) is 0 Å². The first-order valence-electron chi connectivity index (χ1n) is 6.60. The minimum absolute atomic E-state index is 0.189. The van der Waals surface area contributed by atoms with Gasteiger partial charge in [-0.1, -0.05) is 19.1 Å². The van der Waals surface area contributed by atoms with E-state index in [-0.39, 0.29) is 16.0 Å². The Morgan fingerprint density at radius 2 is 2.26 bits per heavy atom. The summed E-state index contributed by atoms with van der Waals surface area (Å²) in [6, 6.07) is 5.30. The van der Waals surface area contributed by atoms with Crippen molar-refractivity contribution in [3.63, 3.8) is 0 Å². The van der Waals surface area contributed by atoms with Crippen molar-refractivity contribution in [1.29, 1.82) is 0 Å². The minimum Gasteiger partial charge on any atom is -0.330 e. The van der Waals surface area contributed by atoms with E-state index in [1.807, 2.05) is 13.0 Å². The number of hydrogen-bond donors (Lipinski definition) is 1. The van der Waals surface area contributed by atoms with Gasteiger partial charge in [0.2, 0.25) is 0 Å². The van der Waals surface area contributed by atoms with Crippen LogP contribution < -0.4 is 5.73 Å². The smallest absolute Gasteiger partial charge is 0.272 e. The van der Waals surface area contributed by atoms with E-state index in [0.29, 0.717) is 6.54 Å². The number of rotatable bonds is 4. The number of nitrogens with zero attached hydrogens (tertiary/aromatic N) is 2. The predicted molar refractivity (Wildman–Crippen MR) is 74.9 cm³/mol. The number of nitro groups is 1. The van der Waals surface area contributed by atoms with E-state index in [0.717, 1.165) is 37.2 Å². The first-order chi connectivity index (χ1) is 8.95. The highest BCUT2D eigenvalue weighted by molar-refractivity contribution is 5.44. The molecule has 1 heterocycles. The van der Waals surface area contributed by atoms with Crippen molar-refractivity contribution < 1.29 is 4.92 Å². The largest absolute Gasteiger partial charge is 0.330 e. The molecule has 19 heavy (non-hydrogen) atoms. The van der Waals surface area contributed by atoms with Gasteiger partial charge in [-0.25, -0.2) is 0 Å². The predicted octanol–water partition coefficient (Wildman–Crippen LogP) is 2.07. The second kappa shape index (κ2) is 5.27. The van der Waals surface area contributed by atoms with Crippen LogP contribution in [0.15, 0.2) is 18.2 Å². The van der Waals surface area contributed by atoms with Gasteiger partial charge in [-0.05, 0) is 37.4 Å². The van der Waals surface area contributed by atoms with E-state index in [1.54, 1.807) is 12.1 Å². The summed E-state index contributed by atoms with van der Waals surface area (Å²) in [5.41, 5.74) is 8.01. The van der Waals surface area contributed by atoms with Gasteiger partial charge in [-0.2, -0.15) is 0 Å². The van der Waals surface area contributed by atoms with Gasteiger partial charge in [-0.15, -0.1) is 0 Å². The van der Waals surface area contributed by atoms with Crippen LogP contribution in [0.2, 0.25) is 0 Å². The van der Waals surface area contributed by atoms with Gasteiger partial charge in [-0.3, -0.25) is 15.0 Å². The lowest BCUT2D eigenvalue weighted by molar-refractivity contribution is -0.385. The van der Waals surface area contributed by atoms with E-state index < -0.39 is 0 Å². The van der Waals surface area contributed by atoms with E-state index >= 15 is 0 Å². The average Bonchev–Trinajstić information content (AvgIpc) is 2.74. The van der Waals surface area contributed by atoms with Gasteiger partial charge < -0.3 is 5.73 Å². The van der Waals surface area contributed by atoms with Crippen LogP contribution in [0.25, 0.3) is 0 Å². The summed E-state index contributed by atoms with van der Waals surface area (Å²) >= 11 is 0. The maximum Gasteiger partial charge on any atom is 0.272 e. The zero-order chi connectivity index (χ0) is 14.0. The van der Waals surface area contributed by atoms with Gasteiger partial charge in [0.15, 0.2) is 0 Å². The van der Waals surface area contributed by atoms with E-state index in [4.69, 9.17) is 5.73 Å². The fraction of sp³-hybridized carbons (Fsp3) is 0.571. The van der Waals surface area contributed by atoms with Crippen LogP contribution in [0.1, 0.15) is 24.5 Å². The highest BCUT2D eigenvalue weighted by Crippen LogP contribution is 2.30. The van der Waals surface area contributed by atoms with Crippen LogP contribution in [0, 0.1) is 22.5 Å². The molecule has 0 bridgehead atoms. The number of likely N-dealkylation sites (tertiary alicyclic amines) is 1. The highest BCUT2D eigenvalue weighted by Gasteiger charge is 2.32. The Balaban J connectivity index is 2.13. The SMILES string of the molecule is Cc1c(CN2CCC(C)(CN)C2)cccc1[N+](=O)[O-]. The molecule has 5 nitrogen and oxygen atoms in total. The quantitative estimate of drug-likeness (QED) is 0.666. The molecule has 1 aromatic rings. The molecule has 1 aliphatic heterocycles. The lowest BCUT2D eigenvalue weighted by Gasteiger charge is -2.23. The molecule has 1 saturated heterocycles. The topological polar surface area (TPSA) is 72.4 Å². The van der Waals surface area contributed by atoms with Crippen LogP contribution in [-0.4, -0.2) is 29.5 Å². The number of hydrogen-bond acceptors (Lipinski definition) is 4. The fourth-order valence-electron chi connectivity index (χ4n) is 2.71. The van der Waals surface area contributed by atoms with E-state index in [2.05, 4.69) is 11.8 Å². The van der Waals surface area contributed by atoms with Crippen molar-refractivity contribution in [2.45, 2.75) is 26.8 Å². The number of nitro benzene ring substituents is 1. The summed E-state index contributed by atoms with van der Waals surface area (Å²) in [7, 11) is 0. The zero-order valence-electron chi connectivity index (χ0n) is 11.6. The van der Waals surface area contributed by atoms with Crippen molar-refractivity contribution in [2.24, 2.45) is 11.1 Å². The molecular weight excluding hydrogens is 242 g/mol. The third kappa shape index (κ3) is 2.93. The second-order valence-corrected chi connectivity index (χ2v) is 5.79. The molecule has 0 aromatic heterocycles. The molecule has 1 atom stereocenters. The Hall–Kier alpha value is -1.46. The summed E-state index contributed by atoms with van der Waals surface area (Å²) in [5.74, 6) is 0. The standard InChI is InChI=1S/C14H21N3O2/c1-11-12(4-3-5-13(11)17(18)19)8-16-7-6-14(2,9-15)10-16/h3-5H,6-10,15H2,1-2H3. The molecule has 2 N–H and O–H groups in total. The van der Waals surface area contributed by atoms with Crippen LogP contribution >= 0.6 is 0 Å². The number of benzene rings is 1. The first-order valence-corrected chi connectivity index (χ1v) is 6.60. The molecule has 0 radical (unpaired) electrons. The van der Waals surface area contributed by atoms with Gasteiger partial charge in [0.1, 0.15) is 0 Å². The monoisotopic (exact) mass is 263 g/mol. The summed E-state index contributed by atoms with van der Waals surface area (Å²) < 4.78 is 0. The lowest BCUT2D eigenvalue weighted by atomic mass is 9.90. The first kappa shape index (κ1) is 14.0. The molecular formula is C14H21N3O2. The molecule has 0 amide bonds. The zero-order valence-corrected chi connectivity index (χ0v) is 11.6. The normalized spacial score (nSPS) is 23.7. The van der Waals surface area contributed by atoms with Gasteiger partial charge in [0.25, 0.3) is 5.69 Å². The average molecular weight is 263 g/mol. The van der Waals surface area contributed by atoms with Crippen molar-refractivity contribution >= 4 is 5.69 Å².